The fraction of sp³-hybridized carbons (Fsp3) is 0.533. The first-order chi connectivity index (χ1) is 9.72. The number of halogens is 1. The van der Waals surface area contributed by atoms with Crippen LogP contribution in [0.1, 0.15) is 24.3 Å². The number of nitrogens with zero attached hydrogens (tertiary/aromatic N) is 2. The van der Waals surface area contributed by atoms with Crippen molar-refractivity contribution in [1.82, 2.24) is 15.2 Å². The van der Waals surface area contributed by atoms with Crippen LogP contribution in [0.2, 0.25) is 0 Å². The van der Waals surface area contributed by atoms with Gasteiger partial charge in [-0.05, 0) is 57.6 Å². The number of fused-ring (bicyclic) bond motifs is 1. The molecule has 108 valence electrons. The van der Waals surface area contributed by atoms with E-state index >= 15 is 0 Å². The Kier molecular flexibility index (Phi) is 4.29. The van der Waals surface area contributed by atoms with Crippen molar-refractivity contribution in [2.75, 3.05) is 20.1 Å². The molecule has 0 aliphatic carbocycles. The molecule has 1 aromatic heterocycles. The minimum Gasteiger partial charge on any atom is -0.317 e. The lowest BCUT2D eigenvalue weighted by molar-refractivity contribution is 0.216. The maximum absolute atomic E-state index is 13.2. The second-order valence-electron chi connectivity index (χ2n) is 5.47. The monoisotopic (exact) mass is 293 g/mol. The van der Waals surface area contributed by atoms with Gasteiger partial charge < -0.3 is 5.32 Å². The smallest absolute Gasteiger partial charge is 0.124 e. The molecule has 1 saturated heterocycles. The van der Waals surface area contributed by atoms with E-state index in [1.165, 1.54) is 25.3 Å². The van der Waals surface area contributed by atoms with Crippen molar-refractivity contribution in [2.24, 2.45) is 0 Å². The molecule has 2 heterocycles. The Balaban J connectivity index is 1.71. The van der Waals surface area contributed by atoms with Crippen LogP contribution in [0.3, 0.4) is 0 Å². The van der Waals surface area contributed by atoms with Crippen LogP contribution in [0, 0.1) is 5.82 Å². The number of thiazole rings is 1. The summed E-state index contributed by atoms with van der Waals surface area (Å²) in [5.74, 6) is -0.184. The van der Waals surface area contributed by atoms with Gasteiger partial charge in [0.25, 0.3) is 0 Å². The number of hydrogen-bond donors (Lipinski definition) is 1. The summed E-state index contributed by atoms with van der Waals surface area (Å²) in [5.41, 5.74) is 0.905. The fourth-order valence-electron chi connectivity index (χ4n) is 2.80. The summed E-state index contributed by atoms with van der Waals surface area (Å²) in [6.45, 7) is 3.08. The SMILES string of the molecule is CN(Cc1nc2ccc(F)cc2s1)C1CCCNCC1. The number of nitrogens with one attached hydrogen (secondary N) is 1. The summed E-state index contributed by atoms with van der Waals surface area (Å²) in [4.78, 5) is 7.00. The van der Waals surface area contributed by atoms with Gasteiger partial charge in [0.2, 0.25) is 0 Å². The highest BCUT2D eigenvalue weighted by molar-refractivity contribution is 7.18. The lowest BCUT2D eigenvalue weighted by atomic mass is 10.1. The van der Waals surface area contributed by atoms with E-state index in [1.54, 1.807) is 23.5 Å². The number of hydrogen-bond acceptors (Lipinski definition) is 4. The van der Waals surface area contributed by atoms with Gasteiger partial charge in [0, 0.05) is 6.04 Å². The highest BCUT2D eigenvalue weighted by Crippen LogP contribution is 2.25. The van der Waals surface area contributed by atoms with Crippen molar-refractivity contribution in [3.05, 3.63) is 29.0 Å². The van der Waals surface area contributed by atoms with Crippen LogP contribution < -0.4 is 5.32 Å². The van der Waals surface area contributed by atoms with Gasteiger partial charge in [-0.25, -0.2) is 9.37 Å². The average molecular weight is 293 g/mol. The molecule has 1 atom stereocenters. The zero-order chi connectivity index (χ0) is 13.9. The highest BCUT2D eigenvalue weighted by atomic mass is 32.1. The molecule has 0 radical (unpaired) electrons. The van der Waals surface area contributed by atoms with E-state index in [0.29, 0.717) is 6.04 Å². The van der Waals surface area contributed by atoms with Crippen molar-refractivity contribution >= 4 is 21.6 Å². The second-order valence-corrected chi connectivity index (χ2v) is 6.58. The van der Waals surface area contributed by atoms with E-state index in [4.69, 9.17) is 0 Å². The Labute approximate surface area is 122 Å². The topological polar surface area (TPSA) is 28.2 Å². The lowest BCUT2D eigenvalue weighted by Crippen LogP contribution is -2.31. The van der Waals surface area contributed by atoms with Gasteiger partial charge in [0.15, 0.2) is 0 Å². The van der Waals surface area contributed by atoms with Gasteiger partial charge in [-0.3, -0.25) is 4.90 Å². The molecule has 5 heteroatoms. The summed E-state index contributed by atoms with van der Waals surface area (Å²) < 4.78 is 14.1. The van der Waals surface area contributed by atoms with E-state index < -0.39 is 0 Å². The first kappa shape index (κ1) is 13.9. The van der Waals surface area contributed by atoms with Crippen molar-refractivity contribution in [1.29, 1.82) is 0 Å². The minimum atomic E-state index is -0.184. The molecule has 1 aromatic carbocycles. The summed E-state index contributed by atoms with van der Waals surface area (Å²) in [6, 6.07) is 5.44. The third-order valence-corrected chi connectivity index (χ3v) is 4.95. The van der Waals surface area contributed by atoms with Crippen molar-refractivity contribution in [2.45, 2.75) is 31.8 Å². The van der Waals surface area contributed by atoms with E-state index in [0.717, 1.165) is 34.9 Å². The van der Waals surface area contributed by atoms with Gasteiger partial charge in [-0.1, -0.05) is 0 Å². The Morgan fingerprint density at radius 2 is 2.30 bits per heavy atom. The first-order valence-electron chi connectivity index (χ1n) is 7.18. The largest absolute Gasteiger partial charge is 0.317 e. The molecule has 0 amide bonds. The van der Waals surface area contributed by atoms with Crippen LogP contribution in [-0.2, 0) is 6.54 Å². The molecule has 3 rings (SSSR count). The number of benzene rings is 1. The molecule has 1 unspecified atom stereocenters. The summed E-state index contributed by atoms with van der Waals surface area (Å²) in [6.07, 6.45) is 3.67. The molecule has 2 aromatic rings. The van der Waals surface area contributed by atoms with Crippen LogP contribution in [0.5, 0.6) is 0 Å². The predicted octanol–water partition coefficient (Wildman–Crippen LogP) is 3.01. The highest BCUT2D eigenvalue weighted by Gasteiger charge is 2.18. The van der Waals surface area contributed by atoms with Crippen LogP contribution in [0.15, 0.2) is 18.2 Å². The van der Waals surface area contributed by atoms with Gasteiger partial charge in [-0.2, -0.15) is 0 Å². The molecule has 0 bridgehead atoms. The first-order valence-corrected chi connectivity index (χ1v) is 8.00. The van der Waals surface area contributed by atoms with Crippen LogP contribution in [0.25, 0.3) is 10.2 Å². The summed E-state index contributed by atoms with van der Waals surface area (Å²) >= 11 is 1.60. The van der Waals surface area contributed by atoms with Gasteiger partial charge >= 0.3 is 0 Å². The quantitative estimate of drug-likeness (QED) is 0.943. The van der Waals surface area contributed by atoms with E-state index in [-0.39, 0.29) is 5.82 Å². The fourth-order valence-corrected chi connectivity index (χ4v) is 3.85. The van der Waals surface area contributed by atoms with Crippen molar-refractivity contribution in [3.8, 4) is 0 Å². The maximum Gasteiger partial charge on any atom is 0.124 e. The lowest BCUT2D eigenvalue weighted by Gasteiger charge is -2.25. The average Bonchev–Trinajstić information content (AvgIpc) is 2.64. The van der Waals surface area contributed by atoms with Gasteiger partial charge in [0.1, 0.15) is 10.8 Å². The van der Waals surface area contributed by atoms with E-state index in [1.807, 2.05) is 0 Å². The second kappa shape index (κ2) is 6.16. The standard InChI is InChI=1S/C15H20FN3S/c1-19(12-3-2-7-17-8-6-12)10-15-18-13-5-4-11(16)9-14(13)20-15/h4-5,9,12,17H,2-3,6-8,10H2,1H3. The zero-order valence-corrected chi connectivity index (χ0v) is 12.5. The third-order valence-electron chi connectivity index (χ3n) is 3.95. The van der Waals surface area contributed by atoms with E-state index in [2.05, 4.69) is 22.2 Å². The molecule has 0 saturated carbocycles. The Hall–Kier alpha value is -1.04. The molecular weight excluding hydrogens is 273 g/mol. The number of aromatic nitrogens is 1. The molecule has 3 nitrogen and oxygen atoms in total. The maximum atomic E-state index is 13.2. The summed E-state index contributed by atoms with van der Waals surface area (Å²) in [7, 11) is 2.17. The Bertz CT molecular complexity index is 576. The molecule has 20 heavy (non-hydrogen) atoms. The molecule has 1 fully saturated rings. The molecule has 1 aliphatic heterocycles. The Morgan fingerprint density at radius 1 is 1.40 bits per heavy atom. The molecule has 1 aliphatic rings. The number of rotatable bonds is 3. The molecular formula is C15H20FN3S. The van der Waals surface area contributed by atoms with Gasteiger partial charge in [-0.15, -0.1) is 11.3 Å². The van der Waals surface area contributed by atoms with E-state index in [9.17, 15) is 4.39 Å². The third kappa shape index (κ3) is 3.16. The Morgan fingerprint density at radius 3 is 3.20 bits per heavy atom. The normalized spacial score (nSPS) is 20.4. The molecule has 1 N–H and O–H groups in total. The molecule has 0 spiro atoms. The van der Waals surface area contributed by atoms with Crippen LogP contribution >= 0.6 is 11.3 Å². The van der Waals surface area contributed by atoms with Crippen molar-refractivity contribution in [3.63, 3.8) is 0 Å². The predicted molar refractivity (Wildman–Crippen MR) is 81.6 cm³/mol. The minimum absolute atomic E-state index is 0.184. The van der Waals surface area contributed by atoms with Crippen molar-refractivity contribution < 1.29 is 4.39 Å². The summed E-state index contributed by atoms with van der Waals surface area (Å²) in [5, 5.41) is 4.52. The zero-order valence-electron chi connectivity index (χ0n) is 11.7. The van der Waals surface area contributed by atoms with Crippen LogP contribution in [-0.4, -0.2) is 36.1 Å². The van der Waals surface area contributed by atoms with Crippen LogP contribution in [0.4, 0.5) is 4.39 Å². The van der Waals surface area contributed by atoms with Gasteiger partial charge in [0.05, 0.1) is 16.8 Å².